The van der Waals surface area contributed by atoms with Crippen molar-refractivity contribution < 1.29 is 8.42 Å². The van der Waals surface area contributed by atoms with Gasteiger partial charge in [-0.15, -0.1) is 0 Å². The van der Waals surface area contributed by atoms with Crippen LogP contribution in [0.25, 0.3) is 0 Å². The largest absolute Gasteiger partial charge is 0.325 e. The molecule has 2 N–H and O–H groups in total. The molecule has 0 amide bonds. The Morgan fingerprint density at radius 1 is 1.16 bits per heavy atom. The van der Waals surface area contributed by atoms with Crippen molar-refractivity contribution in [2.75, 3.05) is 24.7 Å². The van der Waals surface area contributed by atoms with Gasteiger partial charge in [-0.25, -0.2) is 22.7 Å². The highest BCUT2D eigenvalue weighted by Crippen LogP contribution is 2.30. The lowest BCUT2D eigenvalue weighted by molar-refractivity contribution is 0.321. The maximum atomic E-state index is 11.6. The Morgan fingerprint density at radius 3 is 2.44 bits per heavy atom. The molecule has 1 fully saturated rings. The fourth-order valence-electron chi connectivity index (χ4n) is 3.03. The summed E-state index contributed by atoms with van der Waals surface area (Å²) < 4.78 is 24.8. The summed E-state index contributed by atoms with van der Waals surface area (Å²) in [7, 11) is -3.10. The molecule has 0 unspecified atom stereocenters. The van der Waals surface area contributed by atoms with E-state index in [9.17, 15) is 8.42 Å². The first-order chi connectivity index (χ1) is 12.0. The molecule has 8 heteroatoms. The van der Waals surface area contributed by atoms with Crippen LogP contribution in [0.5, 0.6) is 0 Å². The van der Waals surface area contributed by atoms with Gasteiger partial charge in [0.25, 0.3) is 0 Å². The Morgan fingerprint density at radius 2 is 1.80 bits per heavy atom. The lowest BCUT2D eigenvalue weighted by Gasteiger charge is -2.30. The normalized spacial score (nSPS) is 16.5. The van der Waals surface area contributed by atoms with Gasteiger partial charge in [-0.2, -0.15) is 0 Å². The Hall–Kier alpha value is -2.32. The second-order valence-electron chi connectivity index (χ2n) is 6.15. The third-order valence-corrected chi connectivity index (χ3v) is 5.69. The first kappa shape index (κ1) is 17.5. The van der Waals surface area contributed by atoms with Gasteiger partial charge in [0.15, 0.2) is 0 Å². The minimum Gasteiger partial charge on any atom is -0.325 e. The van der Waals surface area contributed by atoms with Crippen LogP contribution in [0.15, 0.2) is 36.7 Å². The fourth-order valence-corrected chi connectivity index (χ4v) is 3.90. The van der Waals surface area contributed by atoms with Gasteiger partial charge in [0.05, 0.1) is 6.26 Å². The third-order valence-electron chi connectivity index (χ3n) is 4.39. The van der Waals surface area contributed by atoms with Crippen LogP contribution in [0, 0.1) is 5.41 Å². The number of nitrogens with zero attached hydrogens (tertiary/aromatic N) is 3. The van der Waals surface area contributed by atoms with E-state index in [1.165, 1.54) is 16.8 Å². The maximum Gasteiger partial charge on any atom is 0.211 e. The highest BCUT2D eigenvalue weighted by molar-refractivity contribution is 7.88. The molecule has 0 saturated carbocycles. The number of nitrogens with one attached hydrogen (secondary N) is 2. The second kappa shape index (κ2) is 7.28. The zero-order chi connectivity index (χ0) is 17.9. The number of pyridine rings is 2. The molecule has 1 saturated heterocycles. The van der Waals surface area contributed by atoms with Crippen molar-refractivity contribution in [2.45, 2.75) is 18.8 Å². The van der Waals surface area contributed by atoms with Crippen molar-refractivity contribution in [1.82, 2.24) is 14.3 Å². The molecule has 7 nitrogen and oxygen atoms in total. The molecule has 2 aromatic rings. The Bertz CT molecular complexity index is 861. The lowest BCUT2D eigenvalue weighted by atomic mass is 9.91. The van der Waals surface area contributed by atoms with Crippen molar-refractivity contribution in [1.29, 1.82) is 5.41 Å². The lowest BCUT2D eigenvalue weighted by Crippen LogP contribution is -2.37. The van der Waals surface area contributed by atoms with Gasteiger partial charge in [0.2, 0.25) is 10.0 Å². The number of rotatable bonds is 5. The number of piperidine rings is 1. The number of hydrogen-bond donors (Lipinski definition) is 2. The first-order valence-corrected chi connectivity index (χ1v) is 9.95. The minimum atomic E-state index is -3.10. The molecule has 0 aromatic carbocycles. The van der Waals surface area contributed by atoms with E-state index >= 15 is 0 Å². The zero-order valence-electron chi connectivity index (χ0n) is 14.0. The smallest absolute Gasteiger partial charge is 0.211 e. The van der Waals surface area contributed by atoms with E-state index in [0.717, 1.165) is 24.0 Å². The van der Waals surface area contributed by atoms with Crippen LogP contribution >= 0.6 is 0 Å². The summed E-state index contributed by atoms with van der Waals surface area (Å²) in [6.07, 6.45) is 7.54. The van der Waals surface area contributed by atoms with E-state index in [1.54, 1.807) is 24.5 Å². The van der Waals surface area contributed by atoms with Gasteiger partial charge in [0, 0.05) is 31.7 Å². The van der Waals surface area contributed by atoms with Gasteiger partial charge in [0.1, 0.15) is 11.6 Å². The number of anilines is 2. The number of hydrogen-bond acceptors (Lipinski definition) is 6. The van der Waals surface area contributed by atoms with Crippen LogP contribution in [0.3, 0.4) is 0 Å². The van der Waals surface area contributed by atoms with E-state index in [0.29, 0.717) is 30.6 Å². The van der Waals surface area contributed by atoms with Crippen LogP contribution in [-0.2, 0) is 10.0 Å². The number of sulfonamides is 1. The summed E-state index contributed by atoms with van der Waals surface area (Å²) in [4.78, 5) is 8.56. The van der Waals surface area contributed by atoms with Gasteiger partial charge in [-0.3, -0.25) is 0 Å². The van der Waals surface area contributed by atoms with Gasteiger partial charge < -0.3 is 10.7 Å². The standard InChI is InChI=1S/C17H21N5O2S/c1-25(23,24)22-8-4-14(5-9-22)15-3-7-20-17(11-15)21-16-10-13(12-18)2-6-19-16/h2-3,6-7,10-12,14,18H,4-5,8-9H2,1H3,(H,19,20,21). The van der Waals surface area contributed by atoms with Crippen molar-refractivity contribution in [3.8, 4) is 0 Å². The molecule has 0 atom stereocenters. The van der Waals surface area contributed by atoms with Crippen molar-refractivity contribution in [3.63, 3.8) is 0 Å². The first-order valence-electron chi connectivity index (χ1n) is 8.10. The molecule has 1 aliphatic rings. The van der Waals surface area contributed by atoms with Crippen LogP contribution in [-0.4, -0.2) is 48.3 Å². The molecule has 1 aliphatic heterocycles. The van der Waals surface area contributed by atoms with Crippen molar-refractivity contribution >= 4 is 27.9 Å². The quantitative estimate of drug-likeness (QED) is 0.799. The van der Waals surface area contributed by atoms with Crippen LogP contribution < -0.4 is 5.32 Å². The van der Waals surface area contributed by atoms with Gasteiger partial charge in [-0.1, -0.05) is 0 Å². The molecule has 132 valence electrons. The molecule has 25 heavy (non-hydrogen) atoms. The summed E-state index contributed by atoms with van der Waals surface area (Å²) >= 11 is 0. The van der Waals surface area contributed by atoms with Crippen LogP contribution in [0.4, 0.5) is 11.6 Å². The summed E-state index contributed by atoms with van der Waals surface area (Å²) in [5.41, 5.74) is 1.91. The molecule has 0 radical (unpaired) electrons. The molecular formula is C17H21N5O2S. The Labute approximate surface area is 147 Å². The van der Waals surface area contributed by atoms with Crippen molar-refractivity contribution in [3.05, 3.63) is 47.8 Å². The predicted octanol–water partition coefficient (Wildman–Crippen LogP) is 2.36. The SMILES string of the molecule is CS(=O)(=O)N1CCC(c2ccnc(Nc3cc(C=N)ccn3)c2)CC1. The zero-order valence-corrected chi connectivity index (χ0v) is 14.8. The second-order valence-corrected chi connectivity index (χ2v) is 8.14. The summed E-state index contributed by atoms with van der Waals surface area (Å²) in [5, 5.41) is 10.5. The molecule has 3 heterocycles. The summed E-state index contributed by atoms with van der Waals surface area (Å²) in [6.45, 7) is 1.11. The molecule has 3 rings (SSSR count). The molecule has 0 aliphatic carbocycles. The Balaban J connectivity index is 1.71. The average Bonchev–Trinajstić information content (AvgIpc) is 2.61. The molecule has 0 bridgehead atoms. The van der Waals surface area contributed by atoms with E-state index in [4.69, 9.17) is 5.41 Å². The van der Waals surface area contributed by atoms with E-state index in [2.05, 4.69) is 15.3 Å². The van der Waals surface area contributed by atoms with Gasteiger partial charge >= 0.3 is 0 Å². The van der Waals surface area contributed by atoms with Crippen LogP contribution in [0.1, 0.15) is 29.9 Å². The van der Waals surface area contributed by atoms with E-state index in [-0.39, 0.29) is 0 Å². The highest BCUT2D eigenvalue weighted by atomic mass is 32.2. The fraction of sp³-hybridized carbons (Fsp3) is 0.353. The highest BCUT2D eigenvalue weighted by Gasteiger charge is 2.25. The van der Waals surface area contributed by atoms with Crippen molar-refractivity contribution in [2.24, 2.45) is 0 Å². The van der Waals surface area contributed by atoms with E-state index < -0.39 is 10.0 Å². The third kappa shape index (κ3) is 4.40. The Kier molecular flexibility index (Phi) is 5.10. The monoisotopic (exact) mass is 359 g/mol. The van der Waals surface area contributed by atoms with Gasteiger partial charge in [-0.05, 0) is 54.2 Å². The van der Waals surface area contributed by atoms with Crippen LogP contribution in [0.2, 0.25) is 0 Å². The maximum absolute atomic E-state index is 11.6. The average molecular weight is 359 g/mol. The minimum absolute atomic E-state index is 0.322. The topological polar surface area (TPSA) is 99.0 Å². The molecular weight excluding hydrogens is 338 g/mol. The predicted molar refractivity (Wildman–Crippen MR) is 98.0 cm³/mol. The molecule has 2 aromatic heterocycles. The summed E-state index contributed by atoms with van der Waals surface area (Å²) in [5.74, 6) is 1.65. The number of aromatic nitrogens is 2. The summed E-state index contributed by atoms with van der Waals surface area (Å²) in [6, 6.07) is 7.51. The van der Waals surface area contributed by atoms with E-state index in [1.807, 2.05) is 12.1 Å². The molecule has 0 spiro atoms.